The smallest absolute Gasteiger partial charge is 0.168 e. The predicted molar refractivity (Wildman–Crippen MR) is 114 cm³/mol. The van der Waals surface area contributed by atoms with Crippen molar-refractivity contribution in [2.24, 2.45) is 5.92 Å². The van der Waals surface area contributed by atoms with Crippen LogP contribution in [0.4, 0.5) is 0 Å². The molecule has 0 bridgehead atoms. The van der Waals surface area contributed by atoms with Crippen molar-refractivity contribution in [2.75, 3.05) is 0 Å². The van der Waals surface area contributed by atoms with Gasteiger partial charge in [0.15, 0.2) is 8.24 Å². The first-order valence-electron chi connectivity index (χ1n) is 9.92. The average molecular weight is 356 g/mol. The Labute approximate surface area is 156 Å². The van der Waals surface area contributed by atoms with E-state index in [0.717, 1.165) is 0 Å². The zero-order valence-electron chi connectivity index (χ0n) is 17.5. The Bertz CT molecular complexity index is 574. The Morgan fingerprint density at radius 1 is 0.720 bits per heavy atom. The van der Waals surface area contributed by atoms with Gasteiger partial charge < -0.3 is 4.57 Å². The number of hydrogen-bond acceptors (Lipinski definition) is 1. The van der Waals surface area contributed by atoms with Crippen molar-refractivity contribution in [1.29, 1.82) is 0 Å². The van der Waals surface area contributed by atoms with E-state index in [0.29, 0.717) is 22.5 Å². The van der Waals surface area contributed by atoms with Gasteiger partial charge in [0.25, 0.3) is 0 Å². The molecule has 0 unspecified atom stereocenters. The number of hydrogen-bond donors (Lipinski definition) is 0. The Hall–Kier alpha value is -1.28. The zero-order valence-corrected chi connectivity index (χ0v) is 18.5. The molecule has 1 aliphatic heterocycles. The highest BCUT2D eigenvalue weighted by Crippen LogP contribution is 2.47. The molecule has 0 amide bonds. The molecule has 0 aliphatic carbocycles. The van der Waals surface area contributed by atoms with Gasteiger partial charge in [0.2, 0.25) is 0 Å². The lowest BCUT2D eigenvalue weighted by Crippen LogP contribution is -2.56. The van der Waals surface area contributed by atoms with Gasteiger partial charge in [0.05, 0.1) is 0 Å². The van der Waals surface area contributed by atoms with Crippen molar-refractivity contribution in [2.45, 2.75) is 77.4 Å². The minimum atomic E-state index is -1.67. The van der Waals surface area contributed by atoms with Crippen molar-refractivity contribution in [3.63, 3.8) is 0 Å². The standard InChI is InChI=1S/C23H37NSi/c1-18(2)23(22-12-10-9-11-13-22)14-16-24(17-15-23)25(19(3)4,20(5)6)21(7)8/h9-21H,1-8H3. The van der Waals surface area contributed by atoms with E-state index < -0.39 is 8.24 Å². The van der Waals surface area contributed by atoms with Crippen molar-refractivity contribution in [3.8, 4) is 0 Å². The Morgan fingerprint density at radius 3 is 1.52 bits per heavy atom. The molecule has 0 spiro atoms. The summed E-state index contributed by atoms with van der Waals surface area (Å²) in [5, 5.41) is 0. The number of allylic oxidation sites excluding steroid dienone is 2. The minimum absolute atomic E-state index is 0.00282. The van der Waals surface area contributed by atoms with Crippen LogP contribution in [-0.4, -0.2) is 12.8 Å². The summed E-state index contributed by atoms with van der Waals surface area (Å²) in [5.74, 6) is 0.526. The molecule has 0 fully saturated rings. The number of rotatable bonds is 6. The van der Waals surface area contributed by atoms with Crippen LogP contribution in [0.3, 0.4) is 0 Å². The van der Waals surface area contributed by atoms with Crippen LogP contribution in [0.5, 0.6) is 0 Å². The van der Waals surface area contributed by atoms with Gasteiger partial charge in [-0.15, -0.1) is 0 Å². The van der Waals surface area contributed by atoms with Crippen LogP contribution in [0.1, 0.15) is 61.0 Å². The summed E-state index contributed by atoms with van der Waals surface area (Å²) in [6, 6.07) is 10.9. The second-order valence-electron chi connectivity index (χ2n) is 8.84. The lowest BCUT2D eigenvalue weighted by Gasteiger charge is -2.51. The molecule has 1 heterocycles. The fourth-order valence-electron chi connectivity index (χ4n) is 5.30. The molecule has 0 radical (unpaired) electrons. The summed E-state index contributed by atoms with van der Waals surface area (Å²) >= 11 is 0. The SMILES string of the molecule is CC(C)C1(c2ccccc2)C=CN([Si](C(C)C)(C(C)C)C(C)C)C=C1. The lowest BCUT2D eigenvalue weighted by molar-refractivity contribution is 0.446. The first kappa shape index (κ1) is 20.0. The fraction of sp³-hybridized carbons (Fsp3) is 0.565. The van der Waals surface area contributed by atoms with E-state index in [1.807, 2.05) is 0 Å². The lowest BCUT2D eigenvalue weighted by atomic mass is 9.71. The van der Waals surface area contributed by atoms with Crippen LogP contribution in [0.15, 0.2) is 54.9 Å². The minimum Gasteiger partial charge on any atom is -0.380 e. The molecule has 2 heteroatoms. The van der Waals surface area contributed by atoms with Gasteiger partial charge in [-0.05, 0) is 40.5 Å². The van der Waals surface area contributed by atoms with Crippen LogP contribution in [0, 0.1) is 5.92 Å². The summed E-state index contributed by atoms with van der Waals surface area (Å²) in [6.45, 7) is 19.2. The molecule has 0 saturated heterocycles. The third kappa shape index (κ3) is 3.26. The van der Waals surface area contributed by atoms with Crippen LogP contribution in [0.25, 0.3) is 0 Å². The molecule has 0 atom stereocenters. The molecule has 25 heavy (non-hydrogen) atoms. The first-order chi connectivity index (χ1) is 11.7. The van der Waals surface area contributed by atoms with Crippen molar-refractivity contribution >= 4 is 8.24 Å². The number of benzene rings is 1. The van der Waals surface area contributed by atoms with Gasteiger partial charge in [0, 0.05) is 5.41 Å². The maximum atomic E-state index is 2.64. The number of nitrogens with zero attached hydrogens (tertiary/aromatic N) is 1. The Kier molecular flexibility index (Phi) is 6.04. The normalized spacial score (nSPS) is 17.4. The van der Waals surface area contributed by atoms with Gasteiger partial charge in [0.1, 0.15) is 0 Å². The topological polar surface area (TPSA) is 3.24 Å². The average Bonchev–Trinajstić information content (AvgIpc) is 2.55. The van der Waals surface area contributed by atoms with E-state index in [4.69, 9.17) is 0 Å². The predicted octanol–water partition coefficient (Wildman–Crippen LogP) is 7.10. The largest absolute Gasteiger partial charge is 0.380 e. The first-order valence-corrected chi connectivity index (χ1v) is 12.1. The molecule has 2 rings (SSSR count). The summed E-state index contributed by atoms with van der Waals surface area (Å²) in [6.07, 6.45) is 9.75. The highest BCUT2D eigenvalue weighted by Gasteiger charge is 2.48. The maximum absolute atomic E-state index is 2.64. The maximum Gasteiger partial charge on any atom is 0.168 e. The highest BCUT2D eigenvalue weighted by molar-refractivity contribution is 6.81. The van der Waals surface area contributed by atoms with Crippen molar-refractivity contribution in [1.82, 2.24) is 4.57 Å². The molecular weight excluding hydrogens is 318 g/mol. The third-order valence-corrected chi connectivity index (χ3v) is 13.2. The van der Waals surface area contributed by atoms with Gasteiger partial charge in [-0.1, -0.05) is 97.9 Å². The van der Waals surface area contributed by atoms with E-state index in [9.17, 15) is 0 Å². The third-order valence-electron chi connectivity index (χ3n) is 6.47. The Balaban J connectivity index is 2.49. The molecule has 138 valence electrons. The van der Waals surface area contributed by atoms with Crippen LogP contribution < -0.4 is 0 Å². The van der Waals surface area contributed by atoms with Crippen LogP contribution in [-0.2, 0) is 5.41 Å². The van der Waals surface area contributed by atoms with E-state index in [2.05, 4.69) is 115 Å². The molecule has 1 nitrogen and oxygen atoms in total. The van der Waals surface area contributed by atoms with Crippen LogP contribution >= 0.6 is 0 Å². The summed E-state index contributed by atoms with van der Waals surface area (Å²) in [4.78, 5) is 0. The molecular formula is C23H37NSi. The second-order valence-corrected chi connectivity index (χ2v) is 14.6. The zero-order chi connectivity index (χ0) is 18.8. The van der Waals surface area contributed by atoms with Gasteiger partial charge >= 0.3 is 0 Å². The molecule has 0 aromatic heterocycles. The van der Waals surface area contributed by atoms with E-state index >= 15 is 0 Å². The van der Waals surface area contributed by atoms with Gasteiger partial charge in [-0.25, -0.2) is 0 Å². The highest BCUT2D eigenvalue weighted by atomic mass is 28.3. The van der Waals surface area contributed by atoms with E-state index in [1.54, 1.807) is 0 Å². The molecule has 1 aromatic rings. The van der Waals surface area contributed by atoms with Gasteiger partial charge in [-0.2, -0.15) is 0 Å². The molecule has 0 N–H and O–H groups in total. The summed E-state index contributed by atoms with van der Waals surface area (Å²) < 4.78 is 2.64. The summed E-state index contributed by atoms with van der Waals surface area (Å²) in [7, 11) is -1.67. The quantitative estimate of drug-likeness (QED) is 0.492. The summed E-state index contributed by atoms with van der Waals surface area (Å²) in [5.41, 5.74) is 3.53. The van der Waals surface area contributed by atoms with Crippen molar-refractivity contribution < 1.29 is 0 Å². The second kappa shape index (κ2) is 7.53. The van der Waals surface area contributed by atoms with E-state index in [1.165, 1.54) is 5.56 Å². The van der Waals surface area contributed by atoms with Gasteiger partial charge in [-0.3, -0.25) is 0 Å². The molecule has 1 aromatic carbocycles. The monoisotopic (exact) mass is 355 g/mol. The molecule has 0 saturated carbocycles. The van der Waals surface area contributed by atoms with Crippen LogP contribution in [0.2, 0.25) is 16.6 Å². The fourth-order valence-corrected chi connectivity index (χ4v) is 11.8. The molecule has 1 aliphatic rings. The van der Waals surface area contributed by atoms with Crippen molar-refractivity contribution in [3.05, 3.63) is 60.4 Å². The van der Waals surface area contributed by atoms with E-state index in [-0.39, 0.29) is 5.41 Å². The Morgan fingerprint density at radius 2 is 1.16 bits per heavy atom.